The standard InChI is InChI=1S/C13H16N2S2/c14-5-7-15-6-3-11-10(4-9-17-11)13(15)12-2-1-8-16-12/h1-2,4,8-9,13H,3,5-7,14H2. The van der Waals surface area contributed by atoms with Gasteiger partial charge in [-0.25, -0.2) is 0 Å². The van der Waals surface area contributed by atoms with E-state index in [-0.39, 0.29) is 0 Å². The van der Waals surface area contributed by atoms with Crippen molar-refractivity contribution in [3.05, 3.63) is 44.3 Å². The van der Waals surface area contributed by atoms with Gasteiger partial charge in [-0.3, -0.25) is 4.90 Å². The summed E-state index contributed by atoms with van der Waals surface area (Å²) in [5, 5.41) is 4.38. The minimum atomic E-state index is 0.438. The Kier molecular flexibility index (Phi) is 3.29. The molecule has 4 heteroatoms. The van der Waals surface area contributed by atoms with Gasteiger partial charge in [0.25, 0.3) is 0 Å². The van der Waals surface area contributed by atoms with Crippen LogP contribution in [-0.4, -0.2) is 24.5 Å². The van der Waals surface area contributed by atoms with Crippen molar-refractivity contribution in [2.24, 2.45) is 5.73 Å². The maximum Gasteiger partial charge on any atom is 0.0707 e. The maximum atomic E-state index is 5.73. The van der Waals surface area contributed by atoms with Gasteiger partial charge in [0.05, 0.1) is 6.04 Å². The van der Waals surface area contributed by atoms with Crippen LogP contribution >= 0.6 is 22.7 Å². The number of nitrogens with zero attached hydrogens (tertiary/aromatic N) is 1. The van der Waals surface area contributed by atoms with Crippen molar-refractivity contribution in [1.29, 1.82) is 0 Å². The average molecular weight is 264 g/mol. The molecule has 2 nitrogen and oxygen atoms in total. The van der Waals surface area contributed by atoms with Crippen molar-refractivity contribution >= 4 is 22.7 Å². The van der Waals surface area contributed by atoms with Gasteiger partial charge in [0.2, 0.25) is 0 Å². The highest BCUT2D eigenvalue weighted by Crippen LogP contribution is 2.38. The summed E-state index contributed by atoms with van der Waals surface area (Å²) < 4.78 is 0. The molecule has 0 spiro atoms. The first-order valence-corrected chi connectivity index (χ1v) is 7.70. The third-order valence-corrected chi connectivity index (χ3v) is 5.22. The Hall–Kier alpha value is -0.680. The summed E-state index contributed by atoms with van der Waals surface area (Å²) in [6.45, 7) is 2.85. The lowest BCUT2D eigenvalue weighted by Crippen LogP contribution is -2.38. The van der Waals surface area contributed by atoms with Gasteiger partial charge in [-0.05, 0) is 34.9 Å². The van der Waals surface area contributed by atoms with Crippen molar-refractivity contribution in [3.8, 4) is 0 Å². The molecule has 0 aliphatic carbocycles. The normalized spacial score (nSPS) is 20.4. The zero-order valence-corrected chi connectivity index (χ0v) is 11.3. The number of thiophene rings is 2. The first kappa shape index (κ1) is 11.4. The third-order valence-electron chi connectivity index (χ3n) is 3.29. The highest BCUT2D eigenvalue weighted by Gasteiger charge is 2.29. The fourth-order valence-electron chi connectivity index (χ4n) is 2.56. The molecule has 90 valence electrons. The van der Waals surface area contributed by atoms with Gasteiger partial charge in [-0.15, -0.1) is 22.7 Å². The van der Waals surface area contributed by atoms with E-state index < -0.39 is 0 Å². The van der Waals surface area contributed by atoms with Crippen LogP contribution in [0.2, 0.25) is 0 Å². The molecule has 0 aromatic carbocycles. The van der Waals surface area contributed by atoms with Crippen LogP contribution in [0.15, 0.2) is 29.0 Å². The summed E-state index contributed by atoms with van der Waals surface area (Å²) in [6, 6.07) is 7.11. The quantitative estimate of drug-likeness (QED) is 0.923. The highest BCUT2D eigenvalue weighted by molar-refractivity contribution is 7.10. The molecular formula is C13H16N2S2. The minimum Gasteiger partial charge on any atom is -0.329 e. The summed E-state index contributed by atoms with van der Waals surface area (Å²) in [4.78, 5) is 5.51. The molecule has 1 aliphatic rings. The van der Waals surface area contributed by atoms with E-state index in [1.165, 1.54) is 16.9 Å². The molecular weight excluding hydrogens is 248 g/mol. The van der Waals surface area contributed by atoms with Crippen LogP contribution in [0.5, 0.6) is 0 Å². The van der Waals surface area contributed by atoms with Crippen LogP contribution in [0.4, 0.5) is 0 Å². The van der Waals surface area contributed by atoms with Crippen LogP contribution in [0.1, 0.15) is 21.4 Å². The lowest BCUT2D eigenvalue weighted by atomic mass is 9.98. The molecule has 3 heterocycles. The van der Waals surface area contributed by atoms with Gasteiger partial charge in [-0.2, -0.15) is 0 Å². The maximum absolute atomic E-state index is 5.73. The van der Waals surface area contributed by atoms with E-state index in [1.807, 2.05) is 22.7 Å². The molecule has 0 bridgehead atoms. The first-order chi connectivity index (χ1) is 8.40. The lowest BCUT2D eigenvalue weighted by Gasteiger charge is -2.35. The fraction of sp³-hybridized carbons (Fsp3) is 0.385. The molecule has 0 fully saturated rings. The van der Waals surface area contributed by atoms with Crippen molar-refractivity contribution in [2.45, 2.75) is 12.5 Å². The molecule has 0 amide bonds. The third kappa shape index (κ3) is 2.06. The highest BCUT2D eigenvalue weighted by atomic mass is 32.1. The van der Waals surface area contributed by atoms with E-state index in [9.17, 15) is 0 Å². The SMILES string of the molecule is NCCN1CCc2sccc2C1c1cccs1. The molecule has 0 saturated heterocycles. The van der Waals surface area contributed by atoms with Crippen molar-refractivity contribution in [2.75, 3.05) is 19.6 Å². The molecule has 2 N–H and O–H groups in total. The van der Waals surface area contributed by atoms with E-state index in [4.69, 9.17) is 5.73 Å². The van der Waals surface area contributed by atoms with Gasteiger partial charge in [0, 0.05) is 29.4 Å². The molecule has 0 saturated carbocycles. The summed E-state index contributed by atoms with van der Waals surface area (Å²) >= 11 is 3.74. The zero-order valence-electron chi connectivity index (χ0n) is 9.63. The topological polar surface area (TPSA) is 29.3 Å². The first-order valence-electron chi connectivity index (χ1n) is 5.94. The summed E-state index contributed by atoms with van der Waals surface area (Å²) in [5.41, 5.74) is 7.23. The monoisotopic (exact) mass is 264 g/mol. The molecule has 2 aromatic heterocycles. The minimum absolute atomic E-state index is 0.438. The van der Waals surface area contributed by atoms with E-state index in [0.29, 0.717) is 6.04 Å². The molecule has 0 radical (unpaired) electrons. The van der Waals surface area contributed by atoms with E-state index in [2.05, 4.69) is 33.9 Å². The zero-order chi connectivity index (χ0) is 11.7. The van der Waals surface area contributed by atoms with Crippen molar-refractivity contribution < 1.29 is 0 Å². The second-order valence-electron chi connectivity index (χ2n) is 4.29. The fourth-order valence-corrected chi connectivity index (χ4v) is 4.34. The van der Waals surface area contributed by atoms with Gasteiger partial charge in [0.15, 0.2) is 0 Å². The Morgan fingerprint density at radius 2 is 2.24 bits per heavy atom. The van der Waals surface area contributed by atoms with E-state index >= 15 is 0 Å². The van der Waals surface area contributed by atoms with Gasteiger partial charge < -0.3 is 5.73 Å². The van der Waals surface area contributed by atoms with Crippen LogP contribution in [-0.2, 0) is 6.42 Å². The second kappa shape index (κ2) is 4.90. The summed E-state index contributed by atoms with van der Waals surface area (Å²) in [5.74, 6) is 0. The van der Waals surface area contributed by atoms with E-state index in [1.54, 1.807) is 4.88 Å². The molecule has 1 atom stereocenters. The predicted molar refractivity (Wildman–Crippen MR) is 74.8 cm³/mol. The Bertz CT molecular complexity index is 475. The lowest BCUT2D eigenvalue weighted by molar-refractivity contribution is 0.224. The number of fused-ring (bicyclic) bond motifs is 1. The van der Waals surface area contributed by atoms with Crippen LogP contribution in [0, 0.1) is 0 Å². The smallest absolute Gasteiger partial charge is 0.0707 e. The molecule has 3 rings (SSSR count). The van der Waals surface area contributed by atoms with Crippen molar-refractivity contribution in [3.63, 3.8) is 0 Å². The van der Waals surface area contributed by atoms with Crippen LogP contribution in [0.25, 0.3) is 0 Å². The Morgan fingerprint density at radius 3 is 3.00 bits per heavy atom. The summed E-state index contributed by atoms with van der Waals surface area (Å²) in [6.07, 6.45) is 1.18. The van der Waals surface area contributed by atoms with Crippen molar-refractivity contribution in [1.82, 2.24) is 4.90 Å². The molecule has 1 unspecified atom stereocenters. The molecule has 1 aliphatic heterocycles. The molecule has 2 aromatic rings. The predicted octanol–water partition coefficient (Wildman–Crippen LogP) is 2.72. The van der Waals surface area contributed by atoms with Gasteiger partial charge in [0.1, 0.15) is 0 Å². The largest absolute Gasteiger partial charge is 0.329 e. The van der Waals surface area contributed by atoms with Gasteiger partial charge in [-0.1, -0.05) is 6.07 Å². The Balaban J connectivity index is 2.00. The Morgan fingerprint density at radius 1 is 1.29 bits per heavy atom. The average Bonchev–Trinajstić information content (AvgIpc) is 2.99. The van der Waals surface area contributed by atoms with Crippen LogP contribution < -0.4 is 5.73 Å². The number of hydrogen-bond acceptors (Lipinski definition) is 4. The van der Waals surface area contributed by atoms with E-state index in [0.717, 1.165) is 19.6 Å². The molecule has 17 heavy (non-hydrogen) atoms. The number of nitrogens with two attached hydrogens (primary N) is 1. The van der Waals surface area contributed by atoms with Gasteiger partial charge >= 0.3 is 0 Å². The Labute approximate surface area is 110 Å². The second-order valence-corrected chi connectivity index (χ2v) is 6.27. The number of hydrogen-bond donors (Lipinski definition) is 1. The number of rotatable bonds is 3. The summed E-state index contributed by atoms with van der Waals surface area (Å²) in [7, 11) is 0. The van der Waals surface area contributed by atoms with Crippen LogP contribution in [0.3, 0.4) is 0 Å².